The van der Waals surface area contributed by atoms with Crippen molar-refractivity contribution in [1.82, 2.24) is 0 Å². The molecule has 0 radical (unpaired) electrons. The van der Waals surface area contributed by atoms with Crippen LogP contribution < -0.4 is 4.74 Å². The number of sulfone groups is 1. The van der Waals surface area contributed by atoms with Crippen molar-refractivity contribution in [2.24, 2.45) is 0 Å². The van der Waals surface area contributed by atoms with Crippen molar-refractivity contribution in [2.75, 3.05) is 6.61 Å². The Morgan fingerprint density at radius 1 is 1.14 bits per heavy atom. The van der Waals surface area contributed by atoms with Crippen molar-refractivity contribution in [3.8, 4) is 11.5 Å². The van der Waals surface area contributed by atoms with Crippen LogP contribution in [0, 0.1) is 6.92 Å². The Balaban J connectivity index is 1.88. The minimum atomic E-state index is -3.57. The molecule has 2 aromatic carbocycles. The summed E-state index contributed by atoms with van der Waals surface area (Å²) in [6, 6.07) is 11.9. The highest BCUT2D eigenvalue weighted by Crippen LogP contribution is 2.37. The van der Waals surface area contributed by atoms with E-state index in [0.717, 1.165) is 5.56 Å². The summed E-state index contributed by atoms with van der Waals surface area (Å²) in [4.78, 5) is 0.283. The maximum Gasteiger partial charge on any atom is 0.206 e. The van der Waals surface area contributed by atoms with E-state index in [1.165, 1.54) is 24.3 Å². The zero-order valence-electron chi connectivity index (χ0n) is 11.4. The van der Waals surface area contributed by atoms with Gasteiger partial charge in [0, 0.05) is 5.56 Å². The average molecular weight is 302 g/mol. The van der Waals surface area contributed by atoms with Crippen LogP contribution in [-0.2, 0) is 9.84 Å². The van der Waals surface area contributed by atoms with E-state index in [0.29, 0.717) is 11.3 Å². The summed E-state index contributed by atoms with van der Waals surface area (Å²) in [7, 11) is -3.57. The summed E-state index contributed by atoms with van der Waals surface area (Å²) in [5.41, 5.74) is 1.37. The molecule has 0 unspecified atom stereocenters. The fourth-order valence-corrected chi connectivity index (χ4v) is 3.75. The number of hydrogen-bond acceptors (Lipinski definition) is 4. The van der Waals surface area contributed by atoms with Gasteiger partial charge in [-0.25, -0.2) is 8.42 Å². The molecular weight excluding hydrogens is 288 g/mol. The van der Waals surface area contributed by atoms with Gasteiger partial charge in [0.1, 0.15) is 18.1 Å². The maximum atomic E-state index is 12.4. The van der Waals surface area contributed by atoms with Crippen molar-refractivity contribution >= 4 is 15.9 Å². The second kappa shape index (κ2) is 4.93. The number of benzene rings is 2. The quantitative estimate of drug-likeness (QED) is 0.947. The van der Waals surface area contributed by atoms with Crippen molar-refractivity contribution in [3.63, 3.8) is 0 Å². The standard InChI is InChI=1S/C16H14O4S/c1-11-4-2-5-12(8-11)20-10-13-9-14-15(17)6-3-7-16(14)21(13,18)19/h2-9,17H,10H2,1H3. The Morgan fingerprint density at radius 2 is 1.90 bits per heavy atom. The molecule has 5 heteroatoms. The summed E-state index contributed by atoms with van der Waals surface area (Å²) in [5.74, 6) is 0.577. The Bertz CT molecular complexity index is 835. The van der Waals surface area contributed by atoms with Crippen LogP contribution in [0.3, 0.4) is 0 Å². The van der Waals surface area contributed by atoms with Crippen molar-refractivity contribution in [2.45, 2.75) is 11.8 Å². The third-order valence-corrected chi connectivity index (χ3v) is 5.21. The first-order chi connectivity index (χ1) is 9.98. The molecule has 0 atom stereocenters. The molecule has 1 heterocycles. The molecule has 0 bridgehead atoms. The highest BCUT2D eigenvalue weighted by atomic mass is 32.2. The summed E-state index contributed by atoms with van der Waals surface area (Å²) in [6.07, 6.45) is 1.47. The van der Waals surface area contributed by atoms with Crippen molar-refractivity contribution in [1.29, 1.82) is 0 Å². The SMILES string of the molecule is Cc1cccc(OCC2=Cc3c(O)cccc3S2(=O)=O)c1. The van der Waals surface area contributed by atoms with Crippen LogP contribution in [0.4, 0.5) is 0 Å². The first-order valence-electron chi connectivity index (χ1n) is 6.45. The molecule has 0 amide bonds. The van der Waals surface area contributed by atoms with E-state index in [-0.39, 0.29) is 22.2 Å². The molecule has 0 spiro atoms. The highest BCUT2D eigenvalue weighted by molar-refractivity contribution is 7.95. The molecule has 3 rings (SSSR count). The van der Waals surface area contributed by atoms with E-state index in [1.54, 1.807) is 6.07 Å². The summed E-state index contributed by atoms with van der Waals surface area (Å²) >= 11 is 0. The predicted molar refractivity (Wildman–Crippen MR) is 79.9 cm³/mol. The van der Waals surface area contributed by atoms with E-state index >= 15 is 0 Å². The molecule has 1 aliphatic heterocycles. The first kappa shape index (κ1) is 13.7. The fraction of sp³-hybridized carbons (Fsp3) is 0.125. The minimum Gasteiger partial charge on any atom is -0.507 e. The van der Waals surface area contributed by atoms with Crippen molar-refractivity contribution < 1.29 is 18.3 Å². The van der Waals surface area contributed by atoms with Gasteiger partial charge in [-0.1, -0.05) is 18.2 Å². The van der Waals surface area contributed by atoms with E-state index in [2.05, 4.69) is 0 Å². The third kappa shape index (κ3) is 2.40. The minimum absolute atomic E-state index is 0.0402. The van der Waals surface area contributed by atoms with Gasteiger partial charge in [-0.2, -0.15) is 0 Å². The van der Waals surface area contributed by atoms with E-state index in [4.69, 9.17) is 4.74 Å². The topological polar surface area (TPSA) is 63.6 Å². The van der Waals surface area contributed by atoms with E-state index in [9.17, 15) is 13.5 Å². The van der Waals surface area contributed by atoms with E-state index in [1.807, 2.05) is 25.1 Å². The summed E-state index contributed by atoms with van der Waals surface area (Å²) in [6.45, 7) is 1.88. The monoisotopic (exact) mass is 302 g/mol. The Labute approximate surface area is 123 Å². The van der Waals surface area contributed by atoms with Gasteiger partial charge in [-0.15, -0.1) is 0 Å². The fourth-order valence-electron chi connectivity index (χ4n) is 2.27. The van der Waals surface area contributed by atoms with Crippen LogP contribution in [0.2, 0.25) is 0 Å². The van der Waals surface area contributed by atoms with Gasteiger partial charge in [-0.05, 0) is 42.8 Å². The Morgan fingerprint density at radius 3 is 2.62 bits per heavy atom. The lowest BCUT2D eigenvalue weighted by Crippen LogP contribution is -2.09. The number of rotatable bonds is 3. The molecule has 0 aromatic heterocycles. The van der Waals surface area contributed by atoms with Gasteiger partial charge in [0.25, 0.3) is 0 Å². The van der Waals surface area contributed by atoms with Crippen LogP contribution >= 0.6 is 0 Å². The number of aromatic hydroxyl groups is 1. The van der Waals surface area contributed by atoms with Crippen LogP contribution in [0.5, 0.6) is 11.5 Å². The molecule has 0 saturated carbocycles. The zero-order valence-corrected chi connectivity index (χ0v) is 12.2. The largest absolute Gasteiger partial charge is 0.507 e. The van der Waals surface area contributed by atoms with Crippen LogP contribution in [0.15, 0.2) is 52.3 Å². The van der Waals surface area contributed by atoms with Gasteiger partial charge in [-0.3, -0.25) is 0 Å². The smallest absolute Gasteiger partial charge is 0.206 e. The number of phenolic OH excluding ortho intramolecular Hbond substituents is 1. The molecule has 1 aliphatic rings. The highest BCUT2D eigenvalue weighted by Gasteiger charge is 2.31. The maximum absolute atomic E-state index is 12.4. The molecule has 0 aliphatic carbocycles. The first-order valence-corrected chi connectivity index (χ1v) is 7.94. The van der Waals surface area contributed by atoms with Gasteiger partial charge in [0.2, 0.25) is 9.84 Å². The molecule has 0 saturated heterocycles. The predicted octanol–water partition coefficient (Wildman–Crippen LogP) is 2.91. The zero-order chi connectivity index (χ0) is 15.0. The van der Waals surface area contributed by atoms with Gasteiger partial charge in [0.05, 0.1) is 9.80 Å². The second-order valence-corrected chi connectivity index (χ2v) is 6.88. The number of aryl methyl sites for hydroxylation is 1. The molecule has 2 aromatic rings. The number of fused-ring (bicyclic) bond motifs is 1. The van der Waals surface area contributed by atoms with Gasteiger partial charge >= 0.3 is 0 Å². The van der Waals surface area contributed by atoms with Gasteiger partial charge < -0.3 is 9.84 Å². The number of hydrogen-bond donors (Lipinski definition) is 1. The van der Waals surface area contributed by atoms with E-state index < -0.39 is 9.84 Å². The lowest BCUT2D eigenvalue weighted by Gasteiger charge is -2.08. The normalized spacial score (nSPS) is 15.4. The Hall–Kier alpha value is -2.27. The summed E-state index contributed by atoms with van der Waals surface area (Å²) in [5, 5.41) is 9.75. The lowest BCUT2D eigenvalue weighted by atomic mass is 10.2. The molecule has 21 heavy (non-hydrogen) atoms. The molecule has 108 valence electrons. The second-order valence-electron chi connectivity index (χ2n) is 4.91. The van der Waals surface area contributed by atoms with Crippen LogP contribution in [0.25, 0.3) is 6.08 Å². The molecule has 0 fully saturated rings. The lowest BCUT2D eigenvalue weighted by molar-refractivity contribution is 0.359. The summed E-state index contributed by atoms with van der Waals surface area (Å²) < 4.78 is 30.3. The molecule has 4 nitrogen and oxygen atoms in total. The van der Waals surface area contributed by atoms with Gasteiger partial charge in [0.15, 0.2) is 0 Å². The Kier molecular flexibility index (Phi) is 3.22. The third-order valence-electron chi connectivity index (χ3n) is 3.35. The van der Waals surface area contributed by atoms with Crippen molar-refractivity contribution in [3.05, 3.63) is 58.5 Å². The van der Waals surface area contributed by atoms with Crippen LogP contribution in [0.1, 0.15) is 11.1 Å². The molecule has 1 N–H and O–H groups in total. The van der Waals surface area contributed by atoms with Crippen LogP contribution in [-0.4, -0.2) is 20.1 Å². The number of phenols is 1. The number of ether oxygens (including phenoxy) is 1. The molecular formula is C16H14O4S. The average Bonchev–Trinajstić information content (AvgIpc) is 2.70.